The Morgan fingerprint density at radius 1 is 1.31 bits per heavy atom. The first kappa shape index (κ1) is 9.82. The van der Waals surface area contributed by atoms with Crippen LogP contribution in [0.2, 0.25) is 0 Å². The van der Waals surface area contributed by atoms with Crippen LogP contribution in [0.3, 0.4) is 0 Å². The van der Waals surface area contributed by atoms with Crippen molar-refractivity contribution in [2.75, 3.05) is 30.8 Å². The first-order valence-corrected chi connectivity index (χ1v) is 5.91. The molecule has 2 fully saturated rings. The van der Waals surface area contributed by atoms with Gasteiger partial charge >= 0.3 is 0 Å². The first-order chi connectivity index (χ1) is 7.72. The number of ether oxygens (including phenoxy) is 1. The summed E-state index contributed by atoms with van der Waals surface area (Å²) in [6.45, 7) is 2.37. The fourth-order valence-corrected chi connectivity index (χ4v) is 2.87. The fraction of sp³-hybridized carbons (Fsp3) is 0.538. The summed E-state index contributed by atoms with van der Waals surface area (Å²) in [4.78, 5) is 2.38. The average Bonchev–Trinajstić information content (AvgIpc) is 2.15. The van der Waals surface area contributed by atoms with Crippen LogP contribution in [0.25, 0.3) is 0 Å². The zero-order valence-corrected chi connectivity index (χ0v) is 9.70. The number of benzene rings is 1. The van der Waals surface area contributed by atoms with Gasteiger partial charge in [0.25, 0.3) is 0 Å². The lowest BCUT2D eigenvalue weighted by Gasteiger charge is -2.57. The predicted molar refractivity (Wildman–Crippen MR) is 65.9 cm³/mol. The molecule has 1 heterocycles. The maximum absolute atomic E-state index is 6.03. The third kappa shape index (κ3) is 1.34. The molecule has 1 aliphatic carbocycles. The summed E-state index contributed by atoms with van der Waals surface area (Å²) in [5.41, 5.74) is 8.67. The molecule has 0 unspecified atom stereocenters. The number of nitrogen functional groups attached to an aromatic ring is 1. The second-order valence-corrected chi connectivity index (χ2v) is 5.13. The van der Waals surface area contributed by atoms with Gasteiger partial charge in [0.15, 0.2) is 0 Å². The van der Waals surface area contributed by atoms with Gasteiger partial charge in [0, 0.05) is 24.6 Å². The van der Waals surface area contributed by atoms with Gasteiger partial charge < -0.3 is 15.4 Å². The van der Waals surface area contributed by atoms with Crippen molar-refractivity contribution < 1.29 is 4.74 Å². The SMILES string of the molecule is COc1ccc(N2CC3(CCC3)C2)c(N)c1. The van der Waals surface area contributed by atoms with Gasteiger partial charge in [-0.05, 0) is 25.0 Å². The van der Waals surface area contributed by atoms with Crippen molar-refractivity contribution in [2.24, 2.45) is 5.41 Å². The Labute approximate surface area is 96.2 Å². The van der Waals surface area contributed by atoms with Crippen molar-refractivity contribution in [1.82, 2.24) is 0 Å². The van der Waals surface area contributed by atoms with E-state index in [4.69, 9.17) is 10.5 Å². The lowest BCUT2D eigenvalue weighted by molar-refractivity contribution is 0.0905. The van der Waals surface area contributed by atoms with E-state index in [9.17, 15) is 0 Å². The zero-order chi connectivity index (χ0) is 11.2. The van der Waals surface area contributed by atoms with E-state index in [1.807, 2.05) is 12.1 Å². The number of methoxy groups -OCH3 is 1. The summed E-state index contributed by atoms with van der Waals surface area (Å²) in [5, 5.41) is 0. The van der Waals surface area contributed by atoms with Crippen molar-refractivity contribution >= 4 is 11.4 Å². The average molecular weight is 218 g/mol. The van der Waals surface area contributed by atoms with Crippen LogP contribution in [0.5, 0.6) is 5.75 Å². The molecule has 1 aliphatic heterocycles. The van der Waals surface area contributed by atoms with E-state index < -0.39 is 0 Å². The molecular weight excluding hydrogens is 200 g/mol. The summed E-state index contributed by atoms with van der Waals surface area (Å²) < 4.78 is 5.16. The molecule has 0 aromatic heterocycles. The lowest BCUT2D eigenvalue weighted by atomic mass is 9.63. The van der Waals surface area contributed by atoms with Crippen LogP contribution in [0, 0.1) is 5.41 Å². The van der Waals surface area contributed by atoms with E-state index in [-0.39, 0.29) is 0 Å². The van der Waals surface area contributed by atoms with E-state index in [0.717, 1.165) is 11.4 Å². The molecule has 3 rings (SSSR count). The summed E-state index contributed by atoms with van der Waals surface area (Å²) >= 11 is 0. The molecule has 3 nitrogen and oxygen atoms in total. The van der Waals surface area contributed by atoms with E-state index in [2.05, 4.69) is 11.0 Å². The fourth-order valence-electron chi connectivity index (χ4n) is 2.87. The third-order valence-corrected chi connectivity index (χ3v) is 4.04. The highest BCUT2D eigenvalue weighted by molar-refractivity contribution is 5.71. The monoisotopic (exact) mass is 218 g/mol. The minimum absolute atomic E-state index is 0.645. The van der Waals surface area contributed by atoms with Crippen LogP contribution in [-0.2, 0) is 0 Å². The Balaban J connectivity index is 1.75. The summed E-state index contributed by atoms with van der Waals surface area (Å²) in [6, 6.07) is 5.96. The summed E-state index contributed by atoms with van der Waals surface area (Å²) in [7, 11) is 1.67. The maximum atomic E-state index is 6.03. The highest BCUT2D eigenvalue weighted by Crippen LogP contribution is 2.50. The molecule has 0 bridgehead atoms. The number of hydrogen-bond donors (Lipinski definition) is 1. The van der Waals surface area contributed by atoms with Gasteiger partial charge in [-0.25, -0.2) is 0 Å². The maximum Gasteiger partial charge on any atom is 0.121 e. The molecule has 0 radical (unpaired) electrons. The van der Waals surface area contributed by atoms with Gasteiger partial charge in [0.05, 0.1) is 18.5 Å². The molecule has 0 atom stereocenters. The Bertz CT molecular complexity index is 404. The van der Waals surface area contributed by atoms with Crippen molar-refractivity contribution in [2.45, 2.75) is 19.3 Å². The molecule has 2 aliphatic rings. The van der Waals surface area contributed by atoms with Crippen LogP contribution < -0.4 is 15.4 Å². The van der Waals surface area contributed by atoms with Crippen LogP contribution >= 0.6 is 0 Å². The number of nitrogens with two attached hydrogens (primary N) is 1. The van der Waals surface area contributed by atoms with Gasteiger partial charge in [0.1, 0.15) is 5.75 Å². The molecule has 1 saturated carbocycles. The normalized spacial score (nSPS) is 21.4. The zero-order valence-electron chi connectivity index (χ0n) is 9.70. The number of anilines is 2. The van der Waals surface area contributed by atoms with E-state index in [0.29, 0.717) is 5.41 Å². The van der Waals surface area contributed by atoms with Crippen LogP contribution in [0.15, 0.2) is 18.2 Å². The number of hydrogen-bond acceptors (Lipinski definition) is 3. The van der Waals surface area contributed by atoms with E-state index >= 15 is 0 Å². The molecule has 1 aromatic carbocycles. The third-order valence-electron chi connectivity index (χ3n) is 4.04. The first-order valence-electron chi connectivity index (χ1n) is 5.91. The standard InChI is InChI=1S/C13H18N2O/c1-16-10-3-4-12(11(14)7-10)15-8-13(9-15)5-2-6-13/h3-4,7H,2,5-6,8-9,14H2,1H3. The Morgan fingerprint density at radius 3 is 2.56 bits per heavy atom. The number of nitrogens with zero attached hydrogens (tertiary/aromatic N) is 1. The second kappa shape index (κ2) is 3.30. The molecule has 3 heteroatoms. The van der Waals surface area contributed by atoms with Crippen LogP contribution in [0.1, 0.15) is 19.3 Å². The van der Waals surface area contributed by atoms with Gasteiger partial charge in [-0.2, -0.15) is 0 Å². The summed E-state index contributed by atoms with van der Waals surface area (Å²) in [5.74, 6) is 0.833. The highest BCUT2D eigenvalue weighted by atomic mass is 16.5. The van der Waals surface area contributed by atoms with E-state index in [1.165, 1.54) is 38.0 Å². The molecule has 1 aromatic rings. The van der Waals surface area contributed by atoms with Gasteiger partial charge in [-0.15, -0.1) is 0 Å². The topological polar surface area (TPSA) is 38.5 Å². The van der Waals surface area contributed by atoms with Gasteiger partial charge in [-0.1, -0.05) is 6.42 Å². The van der Waals surface area contributed by atoms with Crippen molar-refractivity contribution in [3.8, 4) is 5.75 Å². The van der Waals surface area contributed by atoms with Crippen molar-refractivity contribution in [3.05, 3.63) is 18.2 Å². The molecule has 1 spiro atoms. The molecule has 86 valence electrons. The van der Waals surface area contributed by atoms with Gasteiger partial charge in [0.2, 0.25) is 0 Å². The predicted octanol–water partition coefficient (Wildman–Crippen LogP) is 2.27. The highest BCUT2D eigenvalue weighted by Gasteiger charge is 2.47. The Morgan fingerprint density at radius 2 is 2.06 bits per heavy atom. The quantitative estimate of drug-likeness (QED) is 0.774. The van der Waals surface area contributed by atoms with Crippen molar-refractivity contribution in [3.63, 3.8) is 0 Å². The largest absolute Gasteiger partial charge is 0.497 e. The molecule has 16 heavy (non-hydrogen) atoms. The lowest BCUT2D eigenvalue weighted by Crippen LogP contribution is -2.60. The molecule has 0 amide bonds. The molecule has 2 N–H and O–H groups in total. The van der Waals surface area contributed by atoms with E-state index in [1.54, 1.807) is 7.11 Å². The van der Waals surface area contributed by atoms with Gasteiger partial charge in [-0.3, -0.25) is 0 Å². The molecular formula is C13H18N2O. The Kier molecular flexibility index (Phi) is 2.03. The Hall–Kier alpha value is -1.38. The molecule has 1 saturated heterocycles. The number of rotatable bonds is 2. The summed E-state index contributed by atoms with van der Waals surface area (Å²) in [6.07, 6.45) is 4.21. The van der Waals surface area contributed by atoms with Crippen LogP contribution in [-0.4, -0.2) is 20.2 Å². The van der Waals surface area contributed by atoms with Crippen LogP contribution in [0.4, 0.5) is 11.4 Å². The second-order valence-electron chi connectivity index (χ2n) is 5.13. The minimum Gasteiger partial charge on any atom is -0.497 e. The smallest absolute Gasteiger partial charge is 0.121 e. The minimum atomic E-state index is 0.645. The van der Waals surface area contributed by atoms with Crippen molar-refractivity contribution in [1.29, 1.82) is 0 Å².